The molecular weight excluding hydrogens is 339 g/mol. The summed E-state index contributed by atoms with van der Waals surface area (Å²) in [5.41, 5.74) is 6.88. The van der Waals surface area contributed by atoms with Gasteiger partial charge in [-0.15, -0.1) is 0 Å². The number of carbonyl (C=O) groups excluding carboxylic acids is 1. The summed E-state index contributed by atoms with van der Waals surface area (Å²) in [6, 6.07) is 9.01. The van der Waals surface area contributed by atoms with E-state index in [0.29, 0.717) is 28.2 Å². The highest BCUT2D eigenvalue weighted by molar-refractivity contribution is 9.10. The smallest absolute Gasteiger partial charge is 0.261 e. The van der Waals surface area contributed by atoms with Crippen molar-refractivity contribution < 1.29 is 13.9 Å². The number of hydrogen-bond donors (Lipinski definition) is 2. The van der Waals surface area contributed by atoms with E-state index >= 15 is 0 Å². The van der Waals surface area contributed by atoms with Crippen molar-refractivity contribution in [1.82, 2.24) is 0 Å². The first-order valence-electron chi connectivity index (χ1n) is 6.30. The Labute approximate surface area is 130 Å². The Hall–Kier alpha value is -2.08. The highest BCUT2D eigenvalue weighted by atomic mass is 79.9. The SMILES string of the molecule is CCOc1cccc(N)c1C(=O)Nc1ccc(F)cc1Br. The second kappa shape index (κ2) is 6.58. The summed E-state index contributed by atoms with van der Waals surface area (Å²) in [5.74, 6) is -0.397. The fourth-order valence-corrected chi connectivity index (χ4v) is 2.29. The van der Waals surface area contributed by atoms with Crippen molar-refractivity contribution in [2.24, 2.45) is 0 Å². The van der Waals surface area contributed by atoms with Crippen LogP contribution in [0.1, 0.15) is 17.3 Å². The van der Waals surface area contributed by atoms with Gasteiger partial charge in [0.25, 0.3) is 5.91 Å². The Morgan fingerprint density at radius 3 is 2.81 bits per heavy atom. The Kier molecular flexibility index (Phi) is 4.80. The molecule has 0 atom stereocenters. The minimum atomic E-state index is -0.413. The molecule has 3 N–H and O–H groups in total. The van der Waals surface area contributed by atoms with Crippen molar-refractivity contribution in [3.63, 3.8) is 0 Å². The van der Waals surface area contributed by atoms with E-state index in [1.54, 1.807) is 18.2 Å². The Morgan fingerprint density at radius 2 is 2.14 bits per heavy atom. The number of anilines is 2. The molecule has 2 aromatic rings. The lowest BCUT2D eigenvalue weighted by molar-refractivity contribution is 0.102. The molecular formula is C15H14BrFN2O2. The zero-order chi connectivity index (χ0) is 15.4. The normalized spacial score (nSPS) is 10.2. The second-order valence-electron chi connectivity index (χ2n) is 4.23. The number of rotatable bonds is 4. The van der Waals surface area contributed by atoms with E-state index in [-0.39, 0.29) is 5.56 Å². The van der Waals surface area contributed by atoms with Crippen molar-refractivity contribution in [3.05, 3.63) is 52.3 Å². The van der Waals surface area contributed by atoms with Gasteiger partial charge in [-0.25, -0.2) is 4.39 Å². The van der Waals surface area contributed by atoms with Gasteiger partial charge in [0.2, 0.25) is 0 Å². The van der Waals surface area contributed by atoms with Crippen molar-refractivity contribution >= 4 is 33.2 Å². The van der Waals surface area contributed by atoms with Crippen LogP contribution in [0.25, 0.3) is 0 Å². The number of nitrogens with two attached hydrogens (primary N) is 1. The third-order valence-electron chi connectivity index (χ3n) is 2.76. The van der Waals surface area contributed by atoms with Gasteiger partial charge in [-0.3, -0.25) is 4.79 Å². The molecule has 0 heterocycles. The van der Waals surface area contributed by atoms with Gasteiger partial charge < -0.3 is 15.8 Å². The number of benzene rings is 2. The van der Waals surface area contributed by atoms with Gasteiger partial charge in [0.15, 0.2) is 0 Å². The van der Waals surface area contributed by atoms with Crippen LogP contribution in [0, 0.1) is 5.82 Å². The molecule has 0 saturated carbocycles. The first kappa shape index (κ1) is 15.3. The molecule has 1 amide bonds. The van der Waals surface area contributed by atoms with E-state index in [0.717, 1.165) is 0 Å². The number of amides is 1. The van der Waals surface area contributed by atoms with Crippen LogP contribution >= 0.6 is 15.9 Å². The molecule has 0 aromatic heterocycles. The third kappa shape index (κ3) is 3.52. The van der Waals surface area contributed by atoms with Crippen LogP contribution in [0.15, 0.2) is 40.9 Å². The molecule has 110 valence electrons. The summed E-state index contributed by atoms with van der Waals surface area (Å²) < 4.78 is 18.9. The number of nitrogen functional groups attached to an aromatic ring is 1. The van der Waals surface area contributed by atoms with E-state index < -0.39 is 11.7 Å². The average molecular weight is 353 g/mol. The predicted octanol–water partition coefficient (Wildman–Crippen LogP) is 3.82. The van der Waals surface area contributed by atoms with Gasteiger partial charge >= 0.3 is 0 Å². The minimum Gasteiger partial charge on any atom is -0.493 e. The molecule has 0 fully saturated rings. The maximum Gasteiger partial charge on any atom is 0.261 e. The molecule has 0 bridgehead atoms. The first-order chi connectivity index (χ1) is 10.0. The number of hydrogen-bond acceptors (Lipinski definition) is 3. The summed E-state index contributed by atoms with van der Waals surface area (Å²) in [5, 5.41) is 2.68. The summed E-state index contributed by atoms with van der Waals surface area (Å²) in [4.78, 5) is 12.4. The summed E-state index contributed by atoms with van der Waals surface area (Å²) in [6.07, 6.45) is 0. The van der Waals surface area contributed by atoms with Gasteiger partial charge in [-0.1, -0.05) is 6.07 Å². The zero-order valence-electron chi connectivity index (χ0n) is 11.3. The van der Waals surface area contributed by atoms with Crippen LogP contribution in [-0.2, 0) is 0 Å². The van der Waals surface area contributed by atoms with Crippen molar-refractivity contribution in [3.8, 4) is 5.75 Å². The number of nitrogens with one attached hydrogen (secondary N) is 1. The minimum absolute atomic E-state index is 0.260. The molecule has 2 rings (SSSR count). The monoisotopic (exact) mass is 352 g/mol. The van der Waals surface area contributed by atoms with E-state index in [1.165, 1.54) is 18.2 Å². The number of carbonyl (C=O) groups is 1. The largest absolute Gasteiger partial charge is 0.493 e. The predicted molar refractivity (Wildman–Crippen MR) is 84.1 cm³/mol. The molecule has 0 aliphatic heterocycles. The lowest BCUT2D eigenvalue weighted by Crippen LogP contribution is -2.16. The van der Waals surface area contributed by atoms with Crippen LogP contribution in [-0.4, -0.2) is 12.5 Å². The fourth-order valence-electron chi connectivity index (χ4n) is 1.84. The van der Waals surface area contributed by atoms with Crippen LogP contribution in [0.2, 0.25) is 0 Å². The van der Waals surface area contributed by atoms with E-state index in [1.807, 2.05) is 6.92 Å². The van der Waals surface area contributed by atoms with E-state index in [2.05, 4.69) is 21.2 Å². The summed E-state index contributed by atoms with van der Waals surface area (Å²) in [6.45, 7) is 2.24. The second-order valence-corrected chi connectivity index (χ2v) is 5.09. The van der Waals surface area contributed by atoms with Crippen molar-refractivity contribution in [2.75, 3.05) is 17.7 Å². The van der Waals surface area contributed by atoms with E-state index in [4.69, 9.17) is 10.5 Å². The molecule has 6 heteroatoms. The third-order valence-corrected chi connectivity index (χ3v) is 3.42. The lowest BCUT2D eigenvalue weighted by atomic mass is 10.1. The molecule has 0 unspecified atom stereocenters. The lowest BCUT2D eigenvalue weighted by Gasteiger charge is -2.13. The molecule has 0 radical (unpaired) electrons. The van der Waals surface area contributed by atoms with Gasteiger partial charge in [-0.05, 0) is 53.2 Å². The Bertz CT molecular complexity index is 677. The van der Waals surface area contributed by atoms with Gasteiger partial charge in [0, 0.05) is 10.2 Å². The highest BCUT2D eigenvalue weighted by Gasteiger charge is 2.17. The molecule has 0 saturated heterocycles. The molecule has 21 heavy (non-hydrogen) atoms. The topological polar surface area (TPSA) is 64.3 Å². The van der Waals surface area contributed by atoms with E-state index in [9.17, 15) is 9.18 Å². The number of halogens is 2. The quantitative estimate of drug-likeness (QED) is 0.822. The Morgan fingerprint density at radius 1 is 1.38 bits per heavy atom. The van der Waals surface area contributed by atoms with Gasteiger partial charge in [0.05, 0.1) is 12.3 Å². The maximum absolute atomic E-state index is 13.1. The summed E-state index contributed by atoms with van der Waals surface area (Å²) in [7, 11) is 0. The zero-order valence-corrected chi connectivity index (χ0v) is 12.9. The van der Waals surface area contributed by atoms with Crippen molar-refractivity contribution in [1.29, 1.82) is 0 Å². The molecule has 0 spiro atoms. The maximum atomic E-state index is 13.1. The molecule has 0 aliphatic carbocycles. The standard InChI is InChI=1S/C15H14BrFN2O2/c1-2-21-13-5-3-4-11(18)14(13)15(20)19-12-7-6-9(17)8-10(12)16/h3-8H,2,18H2,1H3,(H,19,20). The number of ether oxygens (including phenoxy) is 1. The van der Waals surface area contributed by atoms with Gasteiger partial charge in [0.1, 0.15) is 17.1 Å². The van der Waals surface area contributed by atoms with Crippen LogP contribution < -0.4 is 15.8 Å². The fraction of sp³-hybridized carbons (Fsp3) is 0.133. The van der Waals surface area contributed by atoms with Crippen LogP contribution in [0.5, 0.6) is 5.75 Å². The van der Waals surface area contributed by atoms with Gasteiger partial charge in [-0.2, -0.15) is 0 Å². The molecule has 4 nitrogen and oxygen atoms in total. The average Bonchev–Trinajstić information content (AvgIpc) is 2.42. The Balaban J connectivity index is 2.32. The highest BCUT2D eigenvalue weighted by Crippen LogP contribution is 2.28. The van der Waals surface area contributed by atoms with Crippen LogP contribution in [0.3, 0.4) is 0 Å². The first-order valence-corrected chi connectivity index (χ1v) is 7.10. The molecule has 2 aromatic carbocycles. The van der Waals surface area contributed by atoms with Crippen LogP contribution in [0.4, 0.5) is 15.8 Å². The van der Waals surface area contributed by atoms with Crippen molar-refractivity contribution in [2.45, 2.75) is 6.92 Å². The summed E-state index contributed by atoms with van der Waals surface area (Å²) >= 11 is 3.20. The molecule has 0 aliphatic rings.